The van der Waals surface area contributed by atoms with Crippen LogP contribution in [0.25, 0.3) is 5.65 Å². The Balaban J connectivity index is 1.48. The zero-order valence-electron chi connectivity index (χ0n) is 15.8. The van der Waals surface area contributed by atoms with Gasteiger partial charge in [-0.25, -0.2) is 4.98 Å². The Hall–Kier alpha value is -2.86. The van der Waals surface area contributed by atoms with Gasteiger partial charge >= 0.3 is 5.97 Å². The second-order valence-electron chi connectivity index (χ2n) is 6.47. The Bertz CT molecular complexity index is 1060. The number of rotatable bonds is 7. The fourth-order valence-corrected chi connectivity index (χ4v) is 3.06. The van der Waals surface area contributed by atoms with E-state index >= 15 is 0 Å². The Kier molecular flexibility index (Phi) is 6.31. The summed E-state index contributed by atoms with van der Waals surface area (Å²) in [5.74, 6) is 0.386. The molecule has 0 fully saturated rings. The molecule has 0 saturated heterocycles. The van der Waals surface area contributed by atoms with Crippen LogP contribution in [0.3, 0.4) is 0 Å². The number of carbonyl (C=O) groups is 1. The van der Waals surface area contributed by atoms with Crippen LogP contribution < -0.4 is 10.3 Å². The number of nitrogens with zero attached hydrogens (tertiary/aromatic N) is 2. The first-order chi connectivity index (χ1) is 13.4. The number of benzene rings is 1. The van der Waals surface area contributed by atoms with Gasteiger partial charge in [-0.15, -0.1) is 0 Å². The van der Waals surface area contributed by atoms with Crippen molar-refractivity contribution in [3.05, 3.63) is 74.8 Å². The molecule has 7 heteroatoms. The number of aromatic nitrogens is 2. The van der Waals surface area contributed by atoms with Crippen LogP contribution in [0.4, 0.5) is 0 Å². The van der Waals surface area contributed by atoms with Crippen LogP contribution in [0.15, 0.2) is 47.3 Å². The second-order valence-corrected chi connectivity index (χ2v) is 6.91. The molecule has 3 aromatic rings. The van der Waals surface area contributed by atoms with Gasteiger partial charge in [0.05, 0.1) is 12.3 Å². The van der Waals surface area contributed by atoms with Gasteiger partial charge in [0.2, 0.25) is 0 Å². The van der Waals surface area contributed by atoms with Crippen LogP contribution in [0, 0.1) is 13.8 Å². The van der Waals surface area contributed by atoms with Crippen molar-refractivity contribution < 1.29 is 14.3 Å². The van der Waals surface area contributed by atoms with Crippen LogP contribution in [-0.2, 0) is 16.1 Å². The highest BCUT2D eigenvalue weighted by Gasteiger charge is 2.08. The van der Waals surface area contributed by atoms with Crippen molar-refractivity contribution in [1.29, 1.82) is 0 Å². The van der Waals surface area contributed by atoms with Gasteiger partial charge < -0.3 is 9.47 Å². The number of hydrogen-bond donors (Lipinski definition) is 0. The first-order valence-corrected chi connectivity index (χ1v) is 9.35. The minimum absolute atomic E-state index is 0.0321. The Morgan fingerprint density at radius 2 is 2.00 bits per heavy atom. The second kappa shape index (κ2) is 8.89. The van der Waals surface area contributed by atoms with Gasteiger partial charge in [-0.2, -0.15) is 0 Å². The summed E-state index contributed by atoms with van der Waals surface area (Å²) < 4.78 is 12.4. The highest BCUT2D eigenvalue weighted by molar-refractivity contribution is 6.30. The van der Waals surface area contributed by atoms with Crippen LogP contribution in [0.5, 0.6) is 5.75 Å². The SMILES string of the molecule is Cc1cc(Cl)ccc1OCCCC(=O)OCc1cc(=O)n2c(C)cccc2n1. The maximum Gasteiger partial charge on any atom is 0.306 e. The lowest BCUT2D eigenvalue weighted by Crippen LogP contribution is -2.18. The highest BCUT2D eigenvalue weighted by Crippen LogP contribution is 2.21. The average Bonchev–Trinajstić information content (AvgIpc) is 2.65. The minimum Gasteiger partial charge on any atom is -0.493 e. The standard InChI is InChI=1S/C21H21ClN2O4/c1-14-11-16(22)8-9-18(14)27-10-4-7-21(26)28-13-17-12-20(25)24-15(2)5-3-6-19(24)23-17/h3,5-6,8-9,11-12H,4,7,10,13H2,1-2H3. The maximum atomic E-state index is 12.2. The molecule has 0 aliphatic carbocycles. The first kappa shape index (κ1) is 19.9. The zero-order chi connectivity index (χ0) is 20.1. The summed E-state index contributed by atoms with van der Waals surface area (Å²) >= 11 is 5.91. The van der Waals surface area contributed by atoms with Crippen molar-refractivity contribution in [3.63, 3.8) is 0 Å². The molecule has 0 aliphatic heterocycles. The number of pyridine rings is 1. The summed E-state index contributed by atoms with van der Waals surface area (Å²) in [7, 11) is 0. The third-order valence-corrected chi connectivity index (χ3v) is 4.47. The van der Waals surface area contributed by atoms with Crippen molar-refractivity contribution >= 4 is 23.2 Å². The molecule has 0 spiro atoms. The lowest BCUT2D eigenvalue weighted by molar-refractivity contribution is -0.145. The van der Waals surface area contributed by atoms with Gasteiger partial charge in [-0.1, -0.05) is 17.7 Å². The number of esters is 1. The van der Waals surface area contributed by atoms with Crippen molar-refractivity contribution in [2.75, 3.05) is 6.61 Å². The third-order valence-electron chi connectivity index (χ3n) is 4.23. The molecule has 0 unspecified atom stereocenters. The maximum absolute atomic E-state index is 12.2. The van der Waals surface area contributed by atoms with E-state index in [1.54, 1.807) is 12.1 Å². The van der Waals surface area contributed by atoms with E-state index in [1.165, 1.54) is 10.5 Å². The fraction of sp³-hybridized carbons (Fsp3) is 0.286. The van der Waals surface area contributed by atoms with E-state index in [2.05, 4.69) is 4.98 Å². The van der Waals surface area contributed by atoms with Crippen molar-refractivity contribution in [3.8, 4) is 5.75 Å². The number of carbonyl (C=O) groups excluding carboxylic acids is 1. The van der Waals surface area contributed by atoms with Gasteiger partial charge in [0.25, 0.3) is 5.56 Å². The van der Waals surface area contributed by atoms with Crippen LogP contribution in [-0.4, -0.2) is 22.0 Å². The van der Waals surface area contributed by atoms with E-state index in [0.717, 1.165) is 17.0 Å². The lowest BCUT2D eigenvalue weighted by atomic mass is 10.2. The summed E-state index contributed by atoms with van der Waals surface area (Å²) in [6.07, 6.45) is 0.742. The number of aryl methyl sites for hydroxylation is 2. The van der Waals surface area contributed by atoms with E-state index in [1.807, 2.05) is 38.1 Å². The van der Waals surface area contributed by atoms with Crippen molar-refractivity contribution in [2.45, 2.75) is 33.3 Å². The first-order valence-electron chi connectivity index (χ1n) is 8.97. The topological polar surface area (TPSA) is 69.9 Å². The number of hydrogen-bond acceptors (Lipinski definition) is 5. The van der Waals surface area contributed by atoms with Crippen LogP contribution in [0.1, 0.15) is 29.8 Å². The predicted octanol–water partition coefficient (Wildman–Crippen LogP) is 3.87. The normalized spacial score (nSPS) is 10.8. The molecular formula is C21H21ClN2O4. The van der Waals surface area contributed by atoms with E-state index in [4.69, 9.17) is 21.1 Å². The largest absolute Gasteiger partial charge is 0.493 e. The van der Waals surface area contributed by atoms with Gasteiger partial charge in [0.15, 0.2) is 0 Å². The highest BCUT2D eigenvalue weighted by atomic mass is 35.5. The molecule has 28 heavy (non-hydrogen) atoms. The molecular weight excluding hydrogens is 380 g/mol. The molecule has 1 aromatic carbocycles. The molecule has 6 nitrogen and oxygen atoms in total. The molecule has 146 valence electrons. The Labute approximate surface area is 167 Å². The molecule has 2 aromatic heterocycles. The minimum atomic E-state index is -0.359. The molecule has 0 saturated carbocycles. The van der Waals surface area contributed by atoms with Crippen molar-refractivity contribution in [2.24, 2.45) is 0 Å². The molecule has 0 aliphatic rings. The monoisotopic (exact) mass is 400 g/mol. The summed E-state index contributed by atoms with van der Waals surface area (Å²) in [5.41, 5.74) is 2.51. The van der Waals surface area contributed by atoms with Gasteiger partial charge in [-0.3, -0.25) is 14.0 Å². The van der Waals surface area contributed by atoms with E-state index in [-0.39, 0.29) is 24.6 Å². The van der Waals surface area contributed by atoms with Gasteiger partial charge in [0, 0.05) is 23.2 Å². The molecule has 0 amide bonds. The Morgan fingerprint density at radius 1 is 1.18 bits per heavy atom. The number of fused-ring (bicyclic) bond motifs is 1. The number of ether oxygens (including phenoxy) is 2. The molecule has 2 heterocycles. The van der Waals surface area contributed by atoms with Crippen LogP contribution in [0.2, 0.25) is 5.02 Å². The molecule has 0 radical (unpaired) electrons. The van der Waals surface area contributed by atoms with E-state index < -0.39 is 0 Å². The lowest BCUT2D eigenvalue weighted by Gasteiger charge is -2.09. The average molecular weight is 401 g/mol. The third kappa shape index (κ3) is 4.89. The van der Waals surface area contributed by atoms with E-state index in [9.17, 15) is 9.59 Å². The van der Waals surface area contributed by atoms with Crippen molar-refractivity contribution in [1.82, 2.24) is 9.38 Å². The zero-order valence-corrected chi connectivity index (χ0v) is 16.5. The summed E-state index contributed by atoms with van der Waals surface area (Å²) in [6.45, 7) is 4.11. The molecule has 0 atom stereocenters. The molecule has 0 N–H and O–H groups in total. The summed E-state index contributed by atoms with van der Waals surface area (Å²) in [5, 5.41) is 0.658. The fourth-order valence-electron chi connectivity index (χ4n) is 2.84. The molecule has 3 rings (SSSR count). The number of halogens is 1. The predicted molar refractivity (Wildman–Crippen MR) is 107 cm³/mol. The van der Waals surface area contributed by atoms with Gasteiger partial charge in [0.1, 0.15) is 18.0 Å². The smallest absolute Gasteiger partial charge is 0.306 e. The van der Waals surface area contributed by atoms with E-state index in [0.29, 0.717) is 29.4 Å². The van der Waals surface area contributed by atoms with Crippen LogP contribution >= 0.6 is 11.6 Å². The summed E-state index contributed by atoms with van der Waals surface area (Å²) in [4.78, 5) is 28.5. The Morgan fingerprint density at radius 3 is 2.79 bits per heavy atom. The molecule has 0 bridgehead atoms. The van der Waals surface area contributed by atoms with Gasteiger partial charge in [-0.05, 0) is 56.2 Å². The quantitative estimate of drug-likeness (QED) is 0.445. The summed E-state index contributed by atoms with van der Waals surface area (Å²) in [6, 6.07) is 12.2.